The first-order valence-corrected chi connectivity index (χ1v) is 8.06. The third kappa shape index (κ3) is 2.98. The summed E-state index contributed by atoms with van der Waals surface area (Å²) in [5.74, 6) is 0.738. The Balaban J connectivity index is 2.00. The molecule has 3 aromatic rings. The van der Waals surface area contributed by atoms with E-state index in [1.54, 1.807) is 11.3 Å². The molecule has 2 heterocycles. The zero-order chi connectivity index (χ0) is 15.0. The topological polar surface area (TPSA) is 37.8 Å². The lowest BCUT2D eigenvalue weighted by Crippen LogP contribution is -2.09. The first-order valence-electron chi connectivity index (χ1n) is 6.49. The van der Waals surface area contributed by atoms with E-state index in [2.05, 4.69) is 21.4 Å². The third-order valence-electron chi connectivity index (χ3n) is 3.21. The van der Waals surface area contributed by atoms with Crippen LogP contribution in [0.5, 0.6) is 0 Å². The van der Waals surface area contributed by atoms with Crippen LogP contribution in [0, 0.1) is 6.92 Å². The smallest absolute Gasteiger partial charge is 0.225 e. The normalized spacial score (nSPS) is 12.6. The molecule has 0 fully saturated rings. The van der Waals surface area contributed by atoms with Gasteiger partial charge in [0, 0.05) is 9.90 Å². The molecule has 3 rings (SSSR count). The van der Waals surface area contributed by atoms with Gasteiger partial charge in [0.2, 0.25) is 5.28 Å². The molecule has 0 saturated carbocycles. The van der Waals surface area contributed by atoms with Crippen LogP contribution >= 0.6 is 34.5 Å². The molecule has 0 radical (unpaired) electrons. The van der Waals surface area contributed by atoms with E-state index in [0.717, 1.165) is 26.6 Å². The van der Waals surface area contributed by atoms with Crippen LogP contribution in [0.3, 0.4) is 0 Å². The molecule has 0 aliphatic carbocycles. The lowest BCUT2D eigenvalue weighted by molar-refractivity contribution is 0.876. The Morgan fingerprint density at radius 3 is 2.71 bits per heavy atom. The maximum absolute atomic E-state index is 6.24. The first kappa shape index (κ1) is 14.6. The van der Waals surface area contributed by atoms with Crippen LogP contribution in [0.2, 0.25) is 10.3 Å². The highest BCUT2D eigenvalue weighted by molar-refractivity contribution is 7.18. The summed E-state index contributed by atoms with van der Waals surface area (Å²) in [7, 11) is 0. The van der Waals surface area contributed by atoms with Crippen molar-refractivity contribution in [2.75, 3.05) is 5.32 Å². The lowest BCUT2D eigenvalue weighted by Gasteiger charge is -2.16. The highest BCUT2D eigenvalue weighted by Crippen LogP contribution is 2.32. The second-order valence-corrected chi connectivity index (χ2v) is 6.78. The molecule has 0 aliphatic heterocycles. The molecule has 0 aliphatic rings. The number of fused-ring (bicyclic) bond motifs is 1. The van der Waals surface area contributed by atoms with E-state index in [9.17, 15) is 0 Å². The molecular weight excluding hydrogens is 325 g/mol. The lowest BCUT2D eigenvalue weighted by atomic mass is 10.1. The van der Waals surface area contributed by atoms with Gasteiger partial charge >= 0.3 is 0 Å². The number of halogens is 2. The van der Waals surface area contributed by atoms with E-state index < -0.39 is 0 Å². The summed E-state index contributed by atoms with van der Waals surface area (Å²) in [6.07, 6.45) is 0. The average Bonchev–Trinajstić information content (AvgIpc) is 2.79. The van der Waals surface area contributed by atoms with Gasteiger partial charge in [0.05, 0.1) is 11.4 Å². The van der Waals surface area contributed by atoms with Gasteiger partial charge in [0.25, 0.3) is 0 Å². The van der Waals surface area contributed by atoms with E-state index in [1.165, 1.54) is 4.88 Å². The van der Waals surface area contributed by atoms with Gasteiger partial charge < -0.3 is 5.32 Å². The zero-order valence-corrected chi connectivity index (χ0v) is 13.9. The highest BCUT2D eigenvalue weighted by Gasteiger charge is 2.14. The minimum absolute atomic E-state index is 0.0214. The van der Waals surface area contributed by atoms with Crippen molar-refractivity contribution >= 4 is 50.6 Å². The molecule has 0 amide bonds. The van der Waals surface area contributed by atoms with Crippen molar-refractivity contribution in [3.8, 4) is 0 Å². The molecule has 1 aromatic carbocycles. The van der Waals surface area contributed by atoms with Crippen LogP contribution in [0.15, 0.2) is 30.3 Å². The number of hydrogen-bond acceptors (Lipinski definition) is 4. The monoisotopic (exact) mass is 337 g/mol. The van der Waals surface area contributed by atoms with Crippen molar-refractivity contribution in [1.29, 1.82) is 0 Å². The minimum Gasteiger partial charge on any atom is -0.363 e. The Morgan fingerprint density at radius 1 is 1.19 bits per heavy atom. The Kier molecular flexibility index (Phi) is 4.02. The van der Waals surface area contributed by atoms with Crippen molar-refractivity contribution < 1.29 is 0 Å². The van der Waals surface area contributed by atoms with Crippen LogP contribution in [-0.2, 0) is 0 Å². The molecule has 1 atom stereocenters. The van der Waals surface area contributed by atoms with Crippen molar-refractivity contribution in [2.24, 2.45) is 0 Å². The van der Waals surface area contributed by atoms with Crippen molar-refractivity contribution in [3.05, 3.63) is 51.1 Å². The molecule has 2 aromatic heterocycles. The first-order chi connectivity index (χ1) is 10.0. The van der Waals surface area contributed by atoms with E-state index >= 15 is 0 Å². The van der Waals surface area contributed by atoms with E-state index in [0.29, 0.717) is 0 Å². The van der Waals surface area contributed by atoms with Gasteiger partial charge in [-0.1, -0.05) is 29.8 Å². The summed E-state index contributed by atoms with van der Waals surface area (Å²) in [6, 6.07) is 9.86. The molecule has 21 heavy (non-hydrogen) atoms. The van der Waals surface area contributed by atoms with Gasteiger partial charge in [-0.3, -0.25) is 0 Å². The van der Waals surface area contributed by atoms with Gasteiger partial charge in [0.15, 0.2) is 0 Å². The average molecular weight is 338 g/mol. The van der Waals surface area contributed by atoms with Crippen LogP contribution < -0.4 is 5.32 Å². The SMILES string of the molecule is Cc1cc2c(NC(C)c3ccccc3Cl)nc(Cl)nc2s1. The van der Waals surface area contributed by atoms with Crippen LogP contribution in [0.1, 0.15) is 23.4 Å². The number of anilines is 1. The van der Waals surface area contributed by atoms with Crippen LogP contribution in [0.25, 0.3) is 10.2 Å². The predicted molar refractivity (Wildman–Crippen MR) is 90.7 cm³/mol. The highest BCUT2D eigenvalue weighted by atomic mass is 35.5. The number of rotatable bonds is 3. The number of benzene rings is 1. The minimum atomic E-state index is 0.0214. The molecule has 0 spiro atoms. The molecule has 0 bridgehead atoms. The Labute approximate surface area is 137 Å². The Morgan fingerprint density at radius 2 is 1.95 bits per heavy atom. The number of nitrogens with one attached hydrogen (secondary N) is 1. The maximum Gasteiger partial charge on any atom is 0.225 e. The van der Waals surface area contributed by atoms with Crippen molar-refractivity contribution in [1.82, 2.24) is 9.97 Å². The summed E-state index contributed by atoms with van der Waals surface area (Å²) in [4.78, 5) is 10.6. The van der Waals surface area contributed by atoms with Crippen LogP contribution in [0.4, 0.5) is 5.82 Å². The van der Waals surface area contributed by atoms with Gasteiger partial charge in [-0.25, -0.2) is 9.97 Å². The van der Waals surface area contributed by atoms with Gasteiger partial charge in [0.1, 0.15) is 10.6 Å². The van der Waals surface area contributed by atoms with E-state index in [1.807, 2.05) is 38.1 Å². The molecule has 108 valence electrons. The largest absolute Gasteiger partial charge is 0.363 e. The number of aromatic nitrogens is 2. The number of aryl methyl sites for hydroxylation is 1. The fourth-order valence-corrected chi connectivity index (χ4v) is 3.63. The second kappa shape index (κ2) is 5.79. The summed E-state index contributed by atoms with van der Waals surface area (Å²) in [6.45, 7) is 4.09. The standard InChI is InChI=1S/C15H13Cl2N3S/c1-8-7-11-13(19-15(17)20-14(11)21-8)18-9(2)10-5-3-4-6-12(10)16/h3-7,9H,1-2H3,(H,18,19,20). The zero-order valence-electron chi connectivity index (χ0n) is 11.5. The molecule has 1 unspecified atom stereocenters. The fraction of sp³-hybridized carbons (Fsp3) is 0.200. The number of nitrogens with zero attached hydrogens (tertiary/aromatic N) is 2. The molecular formula is C15H13Cl2N3S. The predicted octanol–water partition coefficient (Wildman–Crippen LogP) is 5.48. The summed E-state index contributed by atoms with van der Waals surface area (Å²) in [5.41, 5.74) is 1.02. The third-order valence-corrected chi connectivity index (χ3v) is 4.67. The number of hydrogen-bond donors (Lipinski definition) is 1. The molecule has 1 N–H and O–H groups in total. The molecule has 0 saturated heterocycles. The summed E-state index contributed by atoms with van der Waals surface area (Å²) in [5, 5.41) is 5.35. The van der Waals surface area contributed by atoms with Crippen LogP contribution in [-0.4, -0.2) is 9.97 Å². The summed E-state index contributed by atoms with van der Waals surface area (Å²) < 4.78 is 0. The van der Waals surface area contributed by atoms with Crippen molar-refractivity contribution in [2.45, 2.75) is 19.9 Å². The Bertz CT molecular complexity index is 801. The van der Waals surface area contributed by atoms with Gasteiger partial charge in [-0.05, 0) is 43.1 Å². The second-order valence-electron chi connectivity index (χ2n) is 4.80. The van der Waals surface area contributed by atoms with E-state index in [-0.39, 0.29) is 11.3 Å². The molecule has 6 heteroatoms. The quantitative estimate of drug-likeness (QED) is 0.643. The maximum atomic E-state index is 6.24. The Hall–Kier alpha value is -1.36. The summed E-state index contributed by atoms with van der Waals surface area (Å²) >= 11 is 13.9. The molecule has 3 nitrogen and oxygen atoms in total. The number of thiophene rings is 1. The van der Waals surface area contributed by atoms with E-state index in [4.69, 9.17) is 23.2 Å². The fourth-order valence-electron chi connectivity index (χ4n) is 2.24. The van der Waals surface area contributed by atoms with Crippen molar-refractivity contribution in [3.63, 3.8) is 0 Å². The van der Waals surface area contributed by atoms with Gasteiger partial charge in [-0.15, -0.1) is 11.3 Å². The van der Waals surface area contributed by atoms with Gasteiger partial charge in [-0.2, -0.15) is 0 Å².